The second-order valence-electron chi connectivity index (χ2n) is 11.3. The van der Waals surface area contributed by atoms with Gasteiger partial charge >= 0.3 is 0 Å². The lowest BCUT2D eigenvalue weighted by Gasteiger charge is -2.42. The number of aryl methyl sites for hydroxylation is 1. The van der Waals surface area contributed by atoms with Crippen LogP contribution in [0.2, 0.25) is 15.1 Å². The molecule has 0 saturated carbocycles. The minimum absolute atomic E-state index is 0.0160. The van der Waals surface area contributed by atoms with Gasteiger partial charge in [0.1, 0.15) is 23.0 Å². The predicted molar refractivity (Wildman–Crippen MR) is 179 cm³/mol. The van der Waals surface area contributed by atoms with Gasteiger partial charge in [0.25, 0.3) is 5.56 Å². The van der Waals surface area contributed by atoms with Gasteiger partial charge in [-0.15, -0.1) is 0 Å². The molecule has 0 aliphatic carbocycles. The highest BCUT2D eigenvalue weighted by molar-refractivity contribution is 6.37. The third-order valence-electron chi connectivity index (χ3n) is 8.08. The Balaban J connectivity index is 1.93. The lowest BCUT2D eigenvalue weighted by molar-refractivity contribution is -0.128. The van der Waals surface area contributed by atoms with Gasteiger partial charge in [0.05, 0.1) is 61.9 Å². The van der Waals surface area contributed by atoms with Gasteiger partial charge < -0.3 is 14.9 Å². The van der Waals surface area contributed by atoms with Gasteiger partial charge in [-0.1, -0.05) is 55.2 Å². The number of phenols is 1. The van der Waals surface area contributed by atoms with Crippen LogP contribution in [-0.4, -0.2) is 56.1 Å². The number of fused-ring (bicyclic) bond motifs is 1. The molecule has 1 fully saturated rings. The molecule has 0 bridgehead atoms. The summed E-state index contributed by atoms with van der Waals surface area (Å²) in [5, 5.41) is 30.3. The highest BCUT2D eigenvalue weighted by Crippen LogP contribution is 2.44. The highest BCUT2D eigenvalue weighted by Gasteiger charge is 2.34. The quantitative estimate of drug-likeness (QED) is 0.174. The summed E-state index contributed by atoms with van der Waals surface area (Å²) >= 11 is 19.0. The lowest BCUT2D eigenvalue weighted by Crippen LogP contribution is -2.55. The topological polar surface area (TPSA) is 139 Å². The Kier molecular flexibility index (Phi) is 9.46. The van der Waals surface area contributed by atoms with E-state index < -0.39 is 28.7 Å². The highest BCUT2D eigenvalue weighted by atomic mass is 35.5. The fourth-order valence-corrected chi connectivity index (χ4v) is 6.62. The molecule has 0 unspecified atom stereocenters. The SMILES string of the molecule is C=CC(=O)N1CCN(c2c(C#N)c(=O)n(-c3c(C)ccnc3C(C)C)c3nc(-c4c(O)c(Cl)cc(Cl)c4F)c(Cl)cc23)C[C@@H]1CC#N. The maximum atomic E-state index is 15.5. The number of carbonyl (C=O) groups excluding carboxylic acids is 1. The number of benzene rings is 1. The number of rotatable bonds is 6. The first-order chi connectivity index (χ1) is 22.4. The lowest BCUT2D eigenvalue weighted by atomic mass is 10.0. The number of halogens is 4. The van der Waals surface area contributed by atoms with E-state index in [2.05, 4.69) is 23.7 Å². The fourth-order valence-electron chi connectivity index (χ4n) is 5.91. The molecule has 1 aromatic carbocycles. The average molecular weight is 695 g/mol. The molecule has 1 aliphatic rings. The Morgan fingerprint density at radius 2 is 1.91 bits per heavy atom. The van der Waals surface area contributed by atoms with Crippen LogP contribution in [0.5, 0.6) is 5.75 Å². The van der Waals surface area contributed by atoms with Gasteiger partial charge in [-0.05, 0) is 42.7 Å². The van der Waals surface area contributed by atoms with Crippen LogP contribution in [-0.2, 0) is 4.79 Å². The van der Waals surface area contributed by atoms with E-state index in [1.165, 1.54) is 21.6 Å². The zero-order chi connectivity index (χ0) is 34.3. The average Bonchev–Trinajstić information content (AvgIpc) is 3.04. The van der Waals surface area contributed by atoms with Crippen molar-refractivity contribution in [2.45, 2.75) is 39.2 Å². The van der Waals surface area contributed by atoms with Crippen LogP contribution in [0, 0.1) is 35.4 Å². The van der Waals surface area contributed by atoms with Gasteiger partial charge in [0.2, 0.25) is 5.91 Å². The van der Waals surface area contributed by atoms with Crippen molar-refractivity contribution in [1.29, 1.82) is 10.5 Å². The van der Waals surface area contributed by atoms with Crippen molar-refractivity contribution in [2.24, 2.45) is 0 Å². The van der Waals surface area contributed by atoms with Crippen LogP contribution < -0.4 is 10.5 Å². The fraction of sp³-hybridized carbons (Fsp3) is 0.273. The Bertz CT molecular complexity index is 2090. The molecule has 47 heavy (non-hydrogen) atoms. The van der Waals surface area contributed by atoms with Gasteiger partial charge in [0.15, 0.2) is 5.82 Å². The van der Waals surface area contributed by atoms with Gasteiger partial charge in [-0.3, -0.25) is 19.1 Å². The summed E-state index contributed by atoms with van der Waals surface area (Å²) < 4.78 is 16.8. The minimum atomic E-state index is -1.03. The molecule has 0 radical (unpaired) electrons. The smallest absolute Gasteiger partial charge is 0.276 e. The third kappa shape index (κ3) is 5.76. The van der Waals surface area contributed by atoms with Gasteiger partial charge in [-0.25, -0.2) is 9.37 Å². The predicted octanol–water partition coefficient (Wildman–Crippen LogP) is 6.67. The standard InChI is InChI=1S/C33H27Cl3FN7O3/c1-5-24(45)43-11-10-42(15-18(43)6-8-38)30-19-12-22(35)28(25-26(37)21(34)13-23(36)31(25)46)41-32(19)44(33(47)20(30)14-39)29-17(4)7-9-40-27(29)16(2)3/h5,7,9,12-13,16,18,46H,1,6,10-11,15H2,2-4H3/t18-/m0/s1. The molecule has 240 valence electrons. The van der Waals surface area contributed by atoms with Gasteiger partial charge in [-0.2, -0.15) is 10.5 Å². The van der Waals surface area contributed by atoms with Crippen LogP contribution in [0.4, 0.5) is 10.1 Å². The third-order valence-corrected chi connectivity index (χ3v) is 8.93. The minimum Gasteiger partial charge on any atom is -0.506 e. The van der Waals surface area contributed by atoms with Gasteiger partial charge in [0, 0.05) is 31.2 Å². The molecule has 10 nitrogen and oxygen atoms in total. The van der Waals surface area contributed by atoms with E-state index >= 15 is 4.39 Å². The molecule has 0 spiro atoms. The molecule has 3 aromatic heterocycles. The number of anilines is 1. The Morgan fingerprint density at radius 3 is 2.55 bits per heavy atom. The zero-order valence-electron chi connectivity index (χ0n) is 25.5. The number of piperazine rings is 1. The number of amides is 1. The first kappa shape index (κ1) is 33.7. The molecule has 14 heteroatoms. The second-order valence-corrected chi connectivity index (χ2v) is 12.5. The molecular formula is C33H27Cl3FN7O3. The number of hydrogen-bond donors (Lipinski definition) is 1. The first-order valence-electron chi connectivity index (χ1n) is 14.4. The summed E-state index contributed by atoms with van der Waals surface area (Å²) in [7, 11) is 0. The number of carbonyl (C=O) groups is 1. The molecular weight excluding hydrogens is 668 g/mol. The van der Waals surface area contributed by atoms with E-state index in [1.807, 2.05) is 13.8 Å². The summed E-state index contributed by atoms with van der Waals surface area (Å²) in [5.74, 6) is -2.21. The normalized spacial score (nSPS) is 14.7. The Hall–Kier alpha value is -4.68. The van der Waals surface area contributed by atoms with Crippen LogP contribution >= 0.6 is 34.8 Å². The van der Waals surface area contributed by atoms with Crippen molar-refractivity contribution < 1.29 is 14.3 Å². The number of aromatic hydroxyl groups is 1. The van der Waals surface area contributed by atoms with Crippen molar-refractivity contribution in [2.75, 3.05) is 24.5 Å². The summed E-state index contributed by atoms with van der Waals surface area (Å²) in [4.78, 5) is 39.6. The number of aromatic nitrogens is 3. The largest absolute Gasteiger partial charge is 0.506 e. The summed E-state index contributed by atoms with van der Waals surface area (Å²) in [6.45, 7) is 9.59. The first-order valence-corrected chi connectivity index (χ1v) is 15.6. The molecule has 1 N–H and O–H groups in total. The molecule has 4 aromatic rings. The van der Waals surface area contributed by atoms with Crippen molar-refractivity contribution in [1.82, 2.24) is 19.4 Å². The Morgan fingerprint density at radius 1 is 1.19 bits per heavy atom. The van der Waals surface area contributed by atoms with Crippen LogP contribution in [0.1, 0.15) is 43.0 Å². The number of hydrogen-bond acceptors (Lipinski definition) is 8. The van der Waals surface area contributed by atoms with Crippen molar-refractivity contribution in [3.8, 4) is 34.8 Å². The summed E-state index contributed by atoms with van der Waals surface area (Å²) in [6.07, 6.45) is 2.76. The number of pyridine rings is 3. The van der Waals surface area contributed by atoms with E-state index in [4.69, 9.17) is 39.8 Å². The summed E-state index contributed by atoms with van der Waals surface area (Å²) in [5.41, 5.74) is 0.0255. The Labute approximate surface area is 284 Å². The van der Waals surface area contributed by atoms with Crippen LogP contribution in [0.15, 0.2) is 41.8 Å². The van der Waals surface area contributed by atoms with Crippen molar-refractivity contribution in [3.05, 3.63) is 85.1 Å². The number of phenolic OH excluding ortho intramolecular Hbond substituents is 1. The summed E-state index contributed by atoms with van der Waals surface area (Å²) in [6, 6.07) is 7.76. The van der Waals surface area contributed by atoms with Crippen molar-refractivity contribution >= 4 is 57.4 Å². The second kappa shape index (κ2) is 13.2. The van der Waals surface area contributed by atoms with Crippen molar-refractivity contribution in [3.63, 3.8) is 0 Å². The van der Waals surface area contributed by atoms with E-state index in [9.17, 15) is 25.2 Å². The van der Waals surface area contributed by atoms with E-state index in [0.29, 0.717) is 16.9 Å². The number of nitriles is 2. The molecule has 5 rings (SSSR count). The van der Waals surface area contributed by atoms with Crippen LogP contribution in [0.25, 0.3) is 28.0 Å². The maximum absolute atomic E-state index is 15.5. The number of nitrogens with zero attached hydrogens (tertiary/aromatic N) is 7. The molecule has 1 amide bonds. The molecule has 1 aliphatic heterocycles. The zero-order valence-corrected chi connectivity index (χ0v) is 27.8. The molecule has 1 saturated heterocycles. The monoisotopic (exact) mass is 693 g/mol. The van der Waals surface area contributed by atoms with Crippen LogP contribution in [0.3, 0.4) is 0 Å². The van der Waals surface area contributed by atoms with E-state index in [-0.39, 0.29) is 80.9 Å². The maximum Gasteiger partial charge on any atom is 0.276 e. The van der Waals surface area contributed by atoms with E-state index in [1.54, 1.807) is 24.1 Å². The molecule has 4 heterocycles. The van der Waals surface area contributed by atoms with E-state index in [0.717, 1.165) is 6.07 Å². The molecule has 1 atom stereocenters.